The number of nitrogens with zero attached hydrogens (tertiary/aromatic N) is 1. The molecule has 3 aromatic rings. The number of amides is 1. The molecule has 0 radical (unpaired) electrons. The molecule has 26 heavy (non-hydrogen) atoms. The minimum absolute atomic E-state index is 0.195. The predicted octanol–water partition coefficient (Wildman–Crippen LogP) is 3.37. The fourth-order valence-corrected chi connectivity index (χ4v) is 2.78. The highest BCUT2D eigenvalue weighted by molar-refractivity contribution is 6.05. The maximum absolute atomic E-state index is 12.9. The van der Waals surface area contributed by atoms with E-state index >= 15 is 0 Å². The lowest BCUT2D eigenvalue weighted by Gasteiger charge is -2.18. The van der Waals surface area contributed by atoms with Gasteiger partial charge in [-0.1, -0.05) is 43.0 Å². The van der Waals surface area contributed by atoms with Gasteiger partial charge < -0.3 is 14.6 Å². The van der Waals surface area contributed by atoms with Crippen molar-refractivity contribution in [2.75, 3.05) is 13.7 Å². The average molecular weight is 348 g/mol. The van der Waals surface area contributed by atoms with Crippen molar-refractivity contribution in [1.29, 1.82) is 0 Å². The molecular weight excluding hydrogens is 328 g/mol. The Hall–Kier alpha value is -3.34. The summed E-state index contributed by atoms with van der Waals surface area (Å²) in [5.41, 5.74) is 1.74. The van der Waals surface area contributed by atoms with Gasteiger partial charge in [-0.2, -0.15) is 0 Å². The number of nitrogens with one attached hydrogen (secondary N) is 1. The zero-order valence-electron chi connectivity index (χ0n) is 14.6. The molecule has 0 aliphatic heterocycles. The first-order chi connectivity index (χ1) is 12.6. The van der Waals surface area contributed by atoms with Crippen LogP contribution in [0.1, 0.15) is 15.9 Å². The van der Waals surface area contributed by atoms with Crippen LogP contribution in [0.25, 0.3) is 10.9 Å². The summed E-state index contributed by atoms with van der Waals surface area (Å²) in [6.45, 7) is 4.50. The standard InChI is InChI=1S/C21H20N2O3/c1-3-12-26-16-10-8-15(9-11-16)14-23(2)21(25)18-13-20(24)22-19-7-5-4-6-17(18)19/h3-11,13H,1,12,14H2,2H3,(H,22,24). The Labute approximate surface area is 151 Å². The second kappa shape index (κ2) is 7.70. The minimum Gasteiger partial charge on any atom is -0.490 e. The van der Waals surface area contributed by atoms with E-state index in [1.807, 2.05) is 42.5 Å². The van der Waals surface area contributed by atoms with Gasteiger partial charge >= 0.3 is 0 Å². The first kappa shape index (κ1) is 17.5. The molecule has 0 atom stereocenters. The molecule has 0 unspecified atom stereocenters. The van der Waals surface area contributed by atoms with Gasteiger partial charge in [-0.3, -0.25) is 9.59 Å². The fourth-order valence-electron chi connectivity index (χ4n) is 2.78. The van der Waals surface area contributed by atoms with Crippen LogP contribution < -0.4 is 10.3 Å². The van der Waals surface area contributed by atoms with Crippen LogP contribution in [0.2, 0.25) is 0 Å². The molecule has 5 heteroatoms. The van der Waals surface area contributed by atoms with Crippen LogP contribution in [0.5, 0.6) is 5.75 Å². The summed E-state index contributed by atoms with van der Waals surface area (Å²) in [6.07, 6.45) is 1.69. The summed E-state index contributed by atoms with van der Waals surface area (Å²) >= 11 is 0. The number of hydrogen-bond donors (Lipinski definition) is 1. The maximum Gasteiger partial charge on any atom is 0.254 e. The smallest absolute Gasteiger partial charge is 0.254 e. The van der Waals surface area contributed by atoms with Crippen molar-refractivity contribution < 1.29 is 9.53 Å². The van der Waals surface area contributed by atoms with E-state index in [9.17, 15) is 9.59 Å². The quantitative estimate of drug-likeness (QED) is 0.695. The number of aromatic nitrogens is 1. The van der Waals surface area contributed by atoms with Crippen LogP contribution in [0.15, 0.2) is 72.0 Å². The number of aromatic amines is 1. The summed E-state index contributed by atoms with van der Waals surface area (Å²) in [7, 11) is 1.72. The minimum atomic E-state index is -0.288. The van der Waals surface area contributed by atoms with E-state index in [1.54, 1.807) is 24.1 Å². The zero-order valence-corrected chi connectivity index (χ0v) is 14.6. The SMILES string of the molecule is C=CCOc1ccc(CN(C)C(=O)c2cc(=O)[nH]c3ccccc23)cc1. The molecular formula is C21H20N2O3. The van der Waals surface area contributed by atoms with Crippen LogP contribution in [0, 0.1) is 0 Å². The van der Waals surface area contributed by atoms with E-state index in [0.717, 1.165) is 16.7 Å². The van der Waals surface area contributed by atoms with Crippen molar-refractivity contribution >= 4 is 16.8 Å². The molecule has 5 nitrogen and oxygen atoms in total. The van der Waals surface area contributed by atoms with Crippen molar-refractivity contribution in [2.45, 2.75) is 6.54 Å². The Balaban J connectivity index is 1.80. The molecule has 3 rings (SSSR count). The number of pyridine rings is 1. The Morgan fingerprint density at radius 1 is 1.19 bits per heavy atom. The van der Waals surface area contributed by atoms with Crippen molar-refractivity contribution in [3.8, 4) is 5.75 Å². The molecule has 0 saturated heterocycles. The van der Waals surface area contributed by atoms with Crippen LogP contribution in [0.3, 0.4) is 0 Å². The number of ether oxygens (including phenoxy) is 1. The molecule has 1 N–H and O–H groups in total. The Kier molecular flexibility index (Phi) is 5.17. The Morgan fingerprint density at radius 2 is 1.92 bits per heavy atom. The van der Waals surface area contributed by atoms with Gasteiger partial charge in [0.25, 0.3) is 5.91 Å². The van der Waals surface area contributed by atoms with Crippen LogP contribution in [0.4, 0.5) is 0 Å². The van der Waals surface area contributed by atoms with Gasteiger partial charge in [0.2, 0.25) is 5.56 Å². The van der Waals surface area contributed by atoms with Gasteiger partial charge in [-0.05, 0) is 23.8 Å². The highest BCUT2D eigenvalue weighted by Gasteiger charge is 2.16. The molecule has 0 saturated carbocycles. The summed E-state index contributed by atoms with van der Waals surface area (Å²) < 4.78 is 5.46. The summed E-state index contributed by atoms with van der Waals surface area (Å²) in [5.74, 6) is 0.558. The molecule has 2 aromatic carbocycles. The monoisotopic (exact) mass is 348 g/mol. The Morgan fingerprint density at radius 3 is 2.65 bits per heavy atom. The van der Waals surface area contributed by atoms with Crippen molar-refractivity contribution in [3.63, 3.8) is 0 Å². The third-order valence-electron chi connectivity index (χ3n) is 4.04. The number of carbonyl (C=O) groups excluding carboxylic acids is 1. The normalized spacial score (nSPS) is 10.5. The van der Waals surface area contributed by atoms with Crippen molar-refractivity contribution in [1.82, 2.24) is 9.88 Å². The van der Waals surface area contributed by atoms with Gasteiger partial charge in [0.15, 0.2) is 0 Å². The molecule has 132 valence electrons. The number of hydrogen-bond acceptors (Lipinski definition) is 3. The van der Waals surface area contributed by atoms with E-state index in [4.69, 9.17) is 4.74 Å². The molecule has 0 aliphatic rings. The molecule has 1 heterocycles. The van der Waals surface area contributed by atoms with Gasteiger partial charge in [0, 0.05) is 30.6 Å². The number of benzene rings is 2. The number of carbonyl (C=O) groups is 1. The largest absolute Gasteiger partial charge is 0.490 e. The predicted molar refractivity (Wildman–Crippen MR) is 103 cm³/mol. The lowest BCUT2D eigenvalue weighted by molar-refractivity contribution is 0.0787. The molecule has 0 aliphatic carbocycles. The number of rotatable bonds is 6. The molecule has 1 aromatic heterocycles. The molecule has 1 amide bonds. The topological polar surface area (TPSA) is 62.4 Å². The molecule has 0 bridgehead atoms. The first-order valence-corrected chi connectivity index (χ1v) is 8.28. The maximum atomic E-state index is 12.9. The van der Waals surface area contributed by atoms with Gasteiger partial charge in [-0.15, -0.1) is 0 Å². The number of H-pyrrole nitrogens is 1. The van der Waals surface area contributed by atoms with Gasteiger partial charge in [-0.25, -0.2) is 0 Å². The van der Waals surface area contributed by atoms with Crippen molar-refractivity contribution in [2.24, 2.45) is 0 Å². The lowest BCUT2D eigenvalue weighted by atomic mass is 10.1. The summed E-state index contributed by atoms with van der Waals surface area (Å²) in [4.78, 5) is 29.1. The molecule has 0 fully saturated rings. The van der Waals surface area contributed by atoms with E-state index < -0.39 is 0 Å². The summed E-state index contributed by atoms with van der Waals surface area (Å²) in [5, 5.41) is 0.733. The zero-order chi connectivity index (χ0) is 18.5. The van der Waals surface area contributed by atoms with Gasteiger partial charge in [0.1, 0.15) is 12.4 Å². The van der Waals surface area contributed by atoms with Crippen LogP contribution in [-0.4, -0.2) is 29.4 Å². The highest BCUT2D eigenvalue weighted by atomic mass is 16.5. The second-order valence-electron chi connectivity index (χ2n) is 6.00. The Bertz CT molecular complexity index is 990. The van der Waals surface area contributed by atoms with Gasteiger partial charge in [0.05, 0.1) is 5.56 Å². The van der Waals surface area contributed by atoms with Crippen molar-refractivity contribution in [3.05, 3.63) is 88.7 Å². The van der Waals surface area contributed by atoms with E-state index in [2.05, 4.69) is 11.6 Å². The third kappa shape index (κ3) is 3.83. The third-order valence-corrected chi connectivity index (χ3v) is 4.04. The van der Waals surface area contributed by atoms with Crippen LogP contribution in [-0.2, 0) is 6.54 Å². The summed E-state index contributed by atoms with van der Waals surface area (Å²) in [6, 6.07) is 16.2. The van der Waals surface area contributed by atoms with E-state index in [-0.39, 0.29) is 11.5 Å². The first-order valence-electron chi connectivity index (χ1n) is 8.28. The van der Waals surface area contributed by atoms with E-state index in [0.29, 0.717) is 24.2 Å². The van der Waals surface area contributed by atoms with Crippen LogP contribution >= 0.6 is 0 Å². The fraction of sp³-hybridized carbons (Fsp3) is 0.143. The van der Waals surface area contributed by atoms with E-state index in [1.165, 1.54) is 6.07 Å². The average Bonchev–Trinajstić information content (AvgIpc) is 2.66. The molecule has 0 spiro atoms. The number of para-hydroxylation sites is 1. The highest BCUT2D eigenvalue weighted by Crippen LogP contribution is 2.18. The second-order valence-corrected chi connectivity index (χ2v) is 6.00. The lowest BCUT2D eigenvalue weighted by Crippen LogP contribution is -2.27. The number of fused-ring (bicyclic) bond motifs is 1.